The standard InChI is InChI=1S/C26H26F3N5/c27-26(28,29)20-13-17(14-30)10-11-19(20)15-34(16-24-32-21-7-1-2-8-22(21)33-24)23-9-3-5-18-6-4-12-31-25(18)23/h1-2,4,6-8,10-13,23H,3,5,9,14-16,30H2,(H,32,33). The maximum atomic E-state index is 14.0. The summed E-state index contributed by atoms with van der Waals surface area (Å²) >= 11 is 0. The number of aromatic nitrogens is 3. The second kappa shape index (κ2) is 9.19. The number of para-hydroxylation sites is 2. The van der Waals surface area contributed by atoms with E-state index in [0.717, 1.165) is 47.4 Å². The third-order valence-corrected chi connectivity index (χ3v) is 6.49. The monoisotopic (exact) mass is 465 g/mol. The van der Waals surface area contributed by atoms with E-state index in [1.54, 1.807) is 18.3 Å². The minimum absolute atomic E-state index is 0.0615. The molecule has 8 heteroatoms. The molecule has 1 aliphatic rings. The number of pyridine rings is 1. The van der Waals surface area contributed by atoms with Gasteiger partial charge in [-0.25, -0.2) is 4.98 Å². The molecule has 0 aliphatic heterocycles. The molecule has 0 saturated carbocycles. The van der Waals surface area contributed by atoms with Crippen molar-refractivity contribution in [1.82, 2.24) is 19.9 Å². The smallest absolute Gasteiger partial charge is 0.341 e. The maximum absolute atomic E-state index is 14.0. The molecule has 0 spiro atoms. The Morgan fingerprint density at radius 2 is 1.91 bits per heavy atom. The van der Waals surface area contributed by atoms with Gasteiger partial charge in [-0.3, -0.25) is 9.88 Å². The average Bonchev–Trinajstić information content (AvgIpc) is 3.25. The molecule has 2 heterocycles. The molecule has 3 N–H and O–H groups in total. The highest BCUT2D eigenvalue weighted by Crippen LogP contribution is 2.38. The van der Waals surface area contributed by atoms with E-state index >= 15 is 0 Å². The lowest BCUT2D eigenvalue weighted by molar-refractivity contribution is -0.138. The molecule has 5 nitrogen and oxygen atoms in total. The van der Waals surface area contributed by atoms with E-state index in [1.165, 1.54) is 6.07 Å². The van der Waals surface area contributed by atoms with Gasteiger partial charge in [-0.05, 0) is 60.2 Å². The molecule has 1 aliphatic carbocycles. The lowest BCUT2D eigenvalue weighted by atomic mass is 9.90. The van der Waals surface area contributed by atoms with Crippen LogP contribution in [0.1, 0.15) is 52.7 Å². The molecule has 0 saturated heterocycles. The first-order chi connectivity index (χ1) is 16.4. The van der Waals surface area contributed by atoms with Crippen molar-refractivity contribution in [2.45, 2.75) is 51.1 Å². The van der Waals surface area contributed by atoms with Crippen molar-refractivity contribution in [3.05, 3.63) is 94.6 Å². The Bertz CT molecular complexity index is 1260. The van der Waals surface area contributed by atoms with Crippen LogP contribution in [-0.2, 0) is 32.2 Å². The number of halogens is 3. The summed E-state index contributed by atoms with van der Waals surface area (Å²) in [5, 5.41) is 0. The number of aromatic amines is 1. The summed E-state index contributed by atoms with van der Waals surface area (Å²) in [4.78, 5) is 14.7. The van der Waals surface area contributed by atoms with Gasteiger partial charge in [0, 0.05) is 19.3 Å². The summed E-state index contributed by atoms with van der Waals surface area (Å²) in [7, 11) is 0. The zero-order valence-electron chi connectivity index (χ0n) is 18.6. The summed E-state index contributed by atoms with van der Waals surface area (Å²) in [6, 6.07) is 16.0. The van der Waals surface area contributed by atoms with Crippen LogP contribution in [-0.4, -0.2) is 19.9 Å². The Morgan fingerprint density at radius 3 is 2.71 bits per heavy atom. The summed E-state index contributed by atoms with van der Waals surface area (Å²) in [5.41, 5.74) is 9.51. The number of nitrogens with zero attached hydrogens (tertiary/aromatic N) is 3. The number of alkyl halides is 3. The van der Waals surface area contributed by atoms with Crippen LogP contribution in [0.5, 0.6) is 0 Å². The number of aryl methyl sites for hydroxylation is 1. The third kappa shape index (κ3) is 4.56. The van der Waals surface area contributed by atoms with Gasteiger partial charge < -0.3 is 10.7 Å². The molecule has 34 heavy (non-hydrogen) atoms. The van der Waals surface area contributed by atoms with Crippen molar-refractivity contribution in [3.8, 4) is 0 Å². The molecule has 0 radical (unpaired) electrons. The SMILES string of the molecule is NCc1ccc(CN(Cc2nc3ccccc3[nH]2)C2CCCc3cccnc32)c(C(F)(F)F)c1. The Labute approximate surface area is 195 Å². The van der Waals surface area contributed by atoms with E-state index in [-0.39, 0.29) is 24.7 Å². The average molecular weight is 466 g/mol. The maximum Gasteiger partial charge on any atom is 0.416 e. The third-order valence-electron chi connectivity index (χ3n) is 6.49. The lowest BCUT2D eigenvalue weighted by Gasteiger charge is -2.35. The highest BCUT2D eigenvalue weighted by Gasteiger charge is 2.35. The zero-order chi connectivity index (χ0) is 23.7. The van der Waals surface area contributed by atoms with Crippen molar-refractivity contribution >= 4 is 11.0 Å². The predicted octanol–water partition coefficient (Wildman–Crippen LogP) is 5.52. The van der Waals surface area contributed by atoms with E-state index in [9.17, 15) is 13.2 Å². The van der Waals surface area contributed by atoms with Gasteiger partial charge in [-0.2, -0.15) is 13.2 Å². The number of benzene rings is 2. The van der Waals surface area contributed by atoms with Crippen molar-refractivity contribution < 1.29 is 13.2 Å². The quantitative estimate of drug-likeness (QED) is 0.394. The van der Waals surface area contributed by atoms with Crippen LogP contribution >= 0.6 is 0 Å². The number of rotatable bonds is 6. The van der Waals surface area contributed by atoms with Crippen LogP contribution in [0.3, 0.4) is 0 Å². The van der Waals surface area contributed by atoms with Gasteiger partial charge in [0.1, 0.15) is 5.82 Å². The second-order valence-corrected chi connectivity index (χ2v) is 8.75. The van der Waals surface area contributed by atoms with Crippen molar-refractivity contribution in [2.75, 3.05) is 0 Å². The Morgan fingerprint density at radius 1 is 1.06 bits per heavy atom. The normalized spacial score (nSPS) is 16.2. The first-order valence-corrected chi connectivity index (χ1v) is 11.4. The molecular formula is C26H26F3N5. The molecule has 1 atom stereocenters. The largest absolute Gasteiger partial charge is 0.416 e. The van der Waals surface area contributed by atoms with Gasteiger partial charge >= 0.3 is 6.18 Å². The Kier molecular flexibility index (Phi) is 6.10. The van der Waals surface area contributed by atoms with Crippen LogP contribution < -0.4 is 5.73 Å². The van der Waals surface area contributed by atoms with E-state index in [0.29, 0.717) is 12.1 Å². The molecule has 5 rings (SSSR count). The fourth-order valence-electron chi connectivity index (χ4n) is 4.86. The lowest BCUT2D eigenvalue weighted by Crippen LogP contribution is -2.32. The number of imidazole rings is 1. The molecule has 0 amide bonds. The first kappa shape index (κ1) is 22.6. The predicted molar refractivity (Wildman–Crippen MR) is 125 cm³/mol. The van der Waals surface area contributed by atoms with Crippen LogP contribution in [0.2, 0.25) is 0 Å². The fourth-order valence-corrected chi connectivity index (χ4v) is 4.86. The first-order valence-electron chi connectivity index (χ1n) is 11.4. The summed E-state index contributed by atoms with van der Waals surface area (Å²) < 4.78 is 41.9. The van der Waals surface area contributed by atoms with Gasteiger partial charge in [-0.1, -0.05) is 30.3 Å². The van der Waals surface area contributed by atoms with Crippen molar-refractivity contribution in [1.29, 1.82) is 0 Å². The topological polar surface area (TPSA) is 70.8 Å². The minimum atomic E-state index is -4.46. The van der Waals surface area contributed by atoms with E-state index in [4.69, 9.17) is 5.73 Å². The highest BCUT2D eigenvalue weighted by atomic mass is 19.4. The van der Waals surface area contributed by atoms with Crippen molar-refractivity contribution in [3.63, 3.8) is 0 Å². The molecule has 176 valence electrons. The van der Waals surface area contributed by atoms with E-state index in [2.05, 4.69) is 25.9 Å². The molecular weight excluding hydrogens is 439 g/mol. The molecule has 2 aromatic carbocycles. The number of nitrogens with two attached hydrogens (primary N) is 1. The summed E-state index contributed by atoms with van der Waals surface area (Å²) in [6.07, 6.45) is 0.00380. The summed E-state index contributed by atoms with van der Waals surface area (Å²) in [5.74, 6) is 0.719. The fraction of sp³-hybridized carbons (Fsp3) is 0.308. The van der Waals surface area contributed by atoms with Crippen LogP contribution in [0.15, 0.2) is 60.8 Å². The molecule has 0 fully saturated rings. The Balaban J connectivity index is 1.55. The van der Waals surface area contributed by atoms with E-state index in [1.807, 2.05) is 30.3 Å². The molecule has 2 aromatic heterocycles. The van der Waals surface area contributed by atoms with Gasteiger partial charge in [0.25, 0.3) is 0 Å². The number of nitrogens with one attached hydrogen (secondary N) is 1. The number of H-pyrrole nitrogens is 1. The number of hydrogen-bond acceptors (Lipinski definition) is 4. The number of fused-ring (bicyclic) bond motifs is 2. The van der Waals surface area contributed by atoms with Gasteiger partial charge in [0.05, 0.1) is 34.9 Å². The van der Waals surface area contributed by atoms with Crippen LogP contribution in [0.25, 0.3) is 11.0 Å². The van der Waals surface area contributed by atoms with Gasteiger partial charge in [0.2, 0.25) is 0 Å². The Hall–Kier alpha value is -3.23. The molecule has 1 unspecified atom stereocenters. The zero-order valence-corrected chi connectivity index (χ0v) is 18.6. The van der Waals surface area contributed by atoms with Crippen LogP contribution in [0, 0.1) is 0 Å². The molecule has 4 aromatic rings. The summed E-state index contributed by atoms with van der Waals surface area (Å²) in [6.45, 7) is 0.564. The van der Waals surface area contributed by atoms with E-state index < -0.39 is 11.7 Å². The van der Waals surface area contributed by atoms with Gasteiger partial charge in [-0.15, -0.1) is 0 Å². The molecule has 0 bridgehead atoms. The van der Waals surface area contributed by atoms with Crippen molar-refractivity contribution in [2.24, 2.45) is 5.73 Å². The minimum Gasteiger partial charge on any atom is -0.341 e. The van der Waals surface area contributed by atoms with Gasteiger partial charge in [0.15, 0.2) is 0 Å². The van der Waals surface area contributed by atoms with Crippen LogP contribution in [0.4, 0.5) is 13.2 Å². The number of hydrogen-bond donors (Lipinski definition) is 2. The second-order valence-electron chi connectivity index (χ2n) is 8.75. The highest BCUT2D eigenvalue weighted by molar-refractivity contribution is 5.74.